The molecule has 1 aromatic carbocycles. The van der Waals surface area contributed by atoms with E-state index in [4.69, 9.17) is 9.16 Å². The van der Waals surface area contributed by atoms with Crippen LogP contribution in [0.3, 0.4) is 0 Å². The number of aromatic carboxylic acids is 1. The average Bonchev–Trinajstić information content (AvgIpc) is 2.89. The number of carbonyl (C=O) groups is 2. The van der Waals surface area contributed by atoms with E-state index in [9.17, 15) is 14.7 Å². The Labute approximate surface area is 161 Å². The van der Waals surface area contributed by atoms with E-state index >= 15 is 0 Å². The smallest absolute Gasteiger partial charge is 0.419 e. The van der Waals surface area contributed by atoms with Gasteiger partial charge in [0.2, 0.25) is 0 Å². The van der Waals surface area contributed by atoms with Gasteiger partial charge in [-0.15, -0.1) is 0 Å². The predicted molar refractivity (Wildman–Crippen MR) is 108 cm³/mol. The van der Waals surface area contributed by atoms with Crippen LogP contribution in [0.25, 0.3) is 10.9 Å². The van der Waals surface area contributed by atoms with E-state index in [2.05, 4.69) is 33.9 Å². The number of hydrogen-bond donors (Lipinski definition) is 1. The molecule has 0 aliphatic carbocycles. The van der Waals surface area contributed by atoms with Crippen LogP contribution in [0.4, 0.5) is 4.79 Å². The molecule has 7 heteroatoms. The average molecular weight is 392 g/mol. The Morgan fingerprint density at radius 2 is 1.81 bits per heavy atom. The molecule has 0 fully saturated rings. The molecule has 0 saturated carbocycles. The van der Waals surface area contributed by atoms with E-state index in [0.29, 0.717) is 24.1 Å². The third-order valence-corrected chi connectivity index (χ3v) is 9.79. The van der Waals surface area contributed by atoms with Crippen molar-refractivity contribution in [2.24, 2.45) is 0 Å². The van der Waals surface area contributed by atoms with Crippen molar-refractivity contribution in [3.05, 3.63) is 35.5 Å². The third kappa shape index (κ3) is 4.25. The van der Waals surface area contributed by atoms with Gasteiger partial charge in [-0.05, 0) is 43.1 Å². The summed E-state index contributed by atoms with van der Waals surface area (Å²) in [6.07, 6.45) is -0.260. The Hall–Kier alpha value is -2.12. The van der Waals surface area contributed by atoms with Gasteiger partial charge in [0, 0.05) is 12.0 Å². The summed E-state index contributed by atoms with van der Waals surface area (Å²) in [6, 6.07) is 7.18. The van der Waals surface area contributed by atoms with Gasteiger partial charge < -0.3 is 14.3 Å². The van der Waals surface area contributed by atoms with Gasteiger partial charge in [-0.3, -0.25) is 0 Å². The lowest BCUT2D eigenvalue weighted by molar-refractivity contribution is 0.0680. The van der Waals surface area contributed by atoms with Crippen LogP contribution >= 0.6 is 0 Å². The summed E-state index contributed by atoms with van der Waals surface area (Å²) in [6.45, 7) is 13.1. The maximum absolute atomic E-state index is 12.4. The molecule has 148 valence electrons. The molecule has 1 aromatic heterocycles. The summed E-state index contributed by atoms with van der Waals surface area (Å²) in [4.78, 5) is 24.4. The van der Waals surface area contributed by atoms with Crippen LogP contribution in [0, 0.1) is 0 Å². The molecule has 0 saturated heterocycles. The molecular formula is C20H29NO5Si. The van der Waals surface area contributed by atoms with Gasteiger partial charge in [0.25, 0.3) is 0 Å². The lowest BCUT2D eigenvalue weighted by Crippen LogP contribution is -2.41. The second kappa shape index (κ2) is 7.86. The molecule has 0 amide bonds. The number of carboxylic acids is 1. The van der Waals surface area contributed by atoms with Crippen LogP contribution in [0.15, 0.2) is 24.3 Å². The number of hydrogen-bond acceptors (Lipinski definition) is 4. The minimum absolute atomic E-state index is 0.0477. The molecule has 0 unspecified atom stereocenters. The maximum atomic E-state index is 12.4. The topological polar surface area (TPSA) is 77.8 Å². The van der Waals surface area contributed by atoms with Gasteiger partial charge in [0.1, 0.15) is 5.69 Å². The molecule has 2 rings (SSSR count). The second-order valence-electron chi connectivity index (χ2n) is 8.04. The van der Waals surface area contributed by atoms with Gasteiger partial charge in [-0.25, -0.2) is 14.2 Å². The highest BCUT2D eigenvalue weighted by atomic mass is 28.4. The first-order valence-electron chi connectivity index (χ1n) is 9.18. The Morgan fingerprint density at radius 3 is 2.37 bits per heavy atom. The van der Waals surface area contributed by atoms with E-state index in [1.807, 2.05) is 12.1 Å². The number of carboxylic acid groups (broad SMARTS) is 1. The second-order valence-corrected chi connectivity index (χ2v) is 12.9. The van der Waals surface area contributed by atoms with Crippen molar-refractivity contribution < 1.29 is 23.9 Å². The standard InChI is InChI=1S/C20H29NO5Si/c1-7-25-19(24)21-16-11-9-8-10-14(16)15(17(21)18(22)23)12-13-26-27(5,6)20(2,3)4/h8-11H,7,12-13H2,1-6H3,(H,22,23). The van der Waals surface area contributed by atoms with Crippen molar-refractivity contribution in [2.45, 2.75) is 52.2 Å². The highest BCUT2D eigenvalue weighted by molar-refractivity contribution is 6.74. The molecular weight excluding hydrogens is 362 g/mol. The monoisotopic (exact) mass is 391 g/mol. The first kappa shape index (κ1) is 21.2. The van der Waals surface area contributed by atoms with E-state index in [1.165, 1.54) is 0 Å². The summed E-state index contributed by atoms with van der Waals surface area (Å²) in [5.74, 6) is -1.15. The quantitative estimate of drug-likeness (QED) is 0.708. The summed E-state index contributed by atoms with van der Waals surface area (Å²) in [7, 11) is -1.94. The fourth-order valence-electron chi connectivity index (χ4n) is 2.79. The SMILES string of the molecule is CCOC(=O)n1c(C(=O)O)c(CCO[Si](C)(C)C(C)(C)C)c2ccccc21. The van der Waals surface area contributed by atoms with Crippen molar-refractivity contribution in [3.8, 4) is 0 Å². The summed E-state index contributed by atoms with van der Waals surface area (Å²) < 4.78 is 12.5. The van der Waals surface area contributed by atoms with Crippen molar-refractivity contribution in [2.75, 3.05) is 13.2 Å². The van der Waals surface area contributed by atoms with Crippen LogP contribution in [-0.2, 0) is 15.6 Å². The molecule has 0 atom stereocenters. The van der Waals surface area contributed by atoms with Gasteiger partial charge in [-0.2, -0.15) is 0 Å². The maximum Gasteiger partial charge on any atom is 0.419 e. The number of carbonyl (C=O) groups excluding carboxylic acids is 1. The lowest BCUT2D eigenvalue weighted by atomic mass is 10.1. The minimum Gasteiger partial charge on any atom is -0.477 e. The lowest BCUT2D eigenvalue weighted by Gasteiger charge is -2.36. The molecule has 27 heavy (non-hydrogen) atoms. The summed E-state index contributed by atoms with van der Waals surface area (Å²) in [5.41, 5.74) is 1.09. The van der Waals surface area contributed by atoms with Crippen molar-refractivity contribution in [1.29, 1.82) is 0 Å². The number of fused-ring (bicyclic) bond motifs is 1. The first-order valence-corrected chi connectivity index (χ1v) is 12.1. The third-order valence-electron chi connectivity index (χ3n) is 5.25. The van der Waals surface area contributed by atoms with Gasteiger partial charge >= 0.3 is 12.1 Å². The number of ether oxygens (including phenoxy) is 1. The fourth-order valence-corrected chi connectivity index (χ4v) is 3.83. The van der Waals surface area contributed by atoms with E-state index in [-0.39, 0.29) is 17.3 Å². The largest absolute Gasteiger partial charge is 0.477 e. The highest BCUT2D eigenvalue weighted by Crippen LogP contribution is 2.37. The Kier molecular flexibility index (Phi) is 6.16. The zero-order valence-electron chi connectivity index (χ0n) is 17.0. The van der Waals surface area contributed by atoms with Crippen molar-refractivity contribution in [3.63, 3.8) is 0 Å². The molecule has 0 bridgehead atoms. The van der Waals surface area contributed by atoms with Crippen LogP contribution in [0.5, 0.6) is 0 Å². The number of aromatic nitrogens is 1. The number of benzene rings is 1. The summed E-state index contributed by atoms with van der Waals surface area (Å²) in [5, 5.41) is 10.6. The van der Waals surface area contributed by atoms with Gasteiger partial charge in [0.05, 0.1) is 12.1 Å². The van der Waals surface area contributed by atoms with Crippen LogP contribution in [-0.4, -0.2) is 43.3 Å². The molecule has 0 aliphatic heterocycles. The molecule has 0 radical (unpaired) electrons. The molecule has 2 aromatic rings. The normalized spacial score (nSPS) is 12.4. The molecule has 0 spiro atoms. The number of nitrogens with zero attached hydrogens (tertiary/aromatic N) is 1. The Morgan fingerprint density at radius 1 is 1.19 bits per heavy atom. The minimum atomic E-state index is -1.94. The Balaban J connectivity index is 2.46. The zero-order chi connectivity index (χ0) is 20.4. The summed E-state index contributed by atoms with van der Waals surface area (Å²) >= 11 is 0. The zero-order valence-corrected chi connectivity index (χ0v) is 18.0. The van der Waals surface area contributed by atoms with Gasteiger partial charge in [0.15, 0.2) is 8.32 Å². The number of rotatable bonds is 6. The molecule has 1 heterocycles. The molecule has 0 aliphatic rings. The first-order chi connectivity index (χ1) is 12.5. The predicted octanol–water partition coefficient (Wildman–Crippen LogP) is 4.91. The fraction of sp³-hybridized carbons (Fsp3) is 0.500. The van der Waals surface area contributed by atoms with E-state index in [0.717, 1.165) is 9.95 Å². The van der Waals surface area contributed by atoms with Crippen molar-refractivity contribution in [1.82, 2.24) is 4.57 Å². The molecule has 6 nitrogen and oxygen atoms in total. The highest BCUT2D eigenvalue weighted by Gasteiger charge is 2.37. The van der Waals surface area contributed by atoms with Crippen LogP contribution < -0.4 is 0 Å². The Bertz CT molecular complexity index is 848. The van der Waals surface area contributed by atoms with Crippen LogP contribution in [0.1, 0.15) is 43.7 Å². The molecule has 1 N–H and O–H groups in total. The van der Waals surface area contributed by atoms with E-state index < -0.39 is 20.4 Å². The van der Waals surface area contributed by atoms with Crippen LogP contribution in [0.2, 0.25) is 18.1 Å². The number of para-hydroxylation sites is 1. The van der Waals surface area contributed by atoms with Crippen molar-refractivity contribution >= 4 is 31.3 Å². The van der Waals surface area contributed by atoms with Gasteiger partial charge in [-0.1, -0.05) is 39.0 Å². The van der Waals surface area contributed by atoms with E-state index in [1.54, 1.807) is 19.1 Å².